The van der Waals surface area contributed by atoms with E-state index in [1.165, 1.54) is 6.07 Å². The van der Waals surface area contributed by atoms with Gasteiger partial charge in [-0.2, -0.15) is 0 Å². The fourth-order valence-corrected chi connectivity index (χ4v) is 1.10. The molecule has 1 aromatic rings. The first-order valence-electron chi connectivity index (χ1n) is 4.70. The van der Waals surface area contributed by atoms with Gasteiger partial charge in [-0.05, 0) is 25.5 Å². The summed E-state index contributed by atoms with van der Waals surface area (Å²) in [5.41, 5.74) is 0. The van der Waals surface area contributed by atoms with Gasteiger partial charge in [0, 0.05) is 0 Å². The Kier molecular flexibility index (Phi) is 4.12. The minimum absolute atomic E-state index is 0.0656. The number of carboxylic acid groups (broad SMARTS) is 1. The van der Waals surface area contributed by atoms with Crippen LogP contribution in [-0.4, -0.2) is 17.7 Å². The number of ether oxygens (including phenoxy) is 1. The molecule has 0 saturated carbocycles. The topological polar surface area (TPSA) is 59.7 Å². The van der Waals surface area contributed by atoms with E-state index < -0.39 is 5.97 Å². The molecule has 0 amide bonds. The molecule has 4 nitrogen and oxygen atoms in total. The lowest BCUT2D eigenvalue weighted by Gasteiger charge is -2.08. The molecule has 82 valence electrons. The van der Waals surface area contributed by atoms with E-state index in [0.717, 1.165) is 6.42 Å². The third-order valence-corrected chi connectivity index (χ3v) is 1.93. The first-order chi connectivity index (χ1) is 7.15. The molecule has 4 heteroatoms. The zero-order valence-corrected chi connectivity index (χ0v) is 8.60. The molecule has 0 bridgehead atoms. The Morgan fingerprint density at radius 2 is 2.47 bits per heavy atom. The summed E-state index contributed by atoms with van der Waals surface area (Å²) < 4.78 is 10.5. The van der Waals surface area contributed by atoms with Crippen molar-refractivity contribution in [3.05, 3.63) is 36.3 Å². The maximum Gasteiger partial charge on any atom is 0.371 e. The Hall–Kier alpha value is -1.55. The first kappa shape index (κ1) is 11.5. The maximum absolute atomic E-state index is 10.5. The second kappa shape index (κ2) is 5.36. The van der Waals surface area contributed by atoms with Crippen LogP contribution in [0.5, 0.6) is 0 Å². The van der Waals surface area contributed by atoms with Crippen LogP contribution in [0.25, 0.3) is 0 Å². The minimum Gasteiger partial charge on any atom is -0.475 e. The van der Waals surface area contributed by atoms with Crippen LogP contribution in [0, 0.1) is 0 Å². The zero-order chi connectivity index (χ0) is 11.3. The van der Waals surface area contributed by atoms with Gasteiger partial charge in [0.15, 0.2) is 0 Å². The van der Waals surface area contributed by atoms with Crippen LogP contribution in [-0.2, 0) is 4.74 Å². The van der Waals surface area contributed by atoms with E-state index in [0.29, 0.717) is 12.4 Å². The monoisotopic (exact) mass is 210 g/mol. The van der Waals surface area contributed by atoms with E-state index in [1.54, 1.807) is 12.1 Å². The summed E-state index contributed by atoms with van der Waals surface area (Å²) in [6, 6.07) is 3.03. The summed E-state index contributed by atoms with van der Waals surface area (Å²) >= 11 is 0. The molecule has 0 aliphatic carbocycles. The standard InChI is InChI=1S/C11H14O4/c1-3-4-7-14-8(2)9-5-6-10(15-9)11(12)13/h3,5-6,8H,1,4,7H2,2H3,(H,12,13). The quantitative estimate of drug-likeness (QED) is 0.579. The Morgan fingerprint density at radius 1 is 1.73 bits per heavy atom. The maximum atomic E-state index is 10.5. The number of carboxylic acids is 1. The van der Waals surface area contributed by atoms with E-state index in [-0.39, 0.29) is 11.9 Å². The number of hydrogen-bond donors (Lipinski definition) is 1. The molecule has 1 atom stereocenters. The largest absolute Gasteiger partial charge is 0.475 e. The van der Waals surface area contributed by atoms with Crippen LogP contribution in [0.15, 0.2) is 29.2 Å². The summed E-state index contributed by atoms with van der Waals surface area (Å²) in [5.74, 6) is -0.611. The Labute approximate surface area is 88.2 Å². The fourth-order valence-electron chi connectivity index (χ4n) is 1.10. The molecule has 0 fully saturated rings. The lowest BCUT2D eigenvalue weighted by Crippen LogP contribution is -2.00. The van der Waals surface area contributed by atoms with Gasteiger partial charge in [-0.1, -0.05) is 6.08 Å². The second-order valence-electron chi connectivity index (χ2n) is 3.10. The van der Waals surface area contributed by atoms with Crippen LogP contribution in [0.1, 0.15) is 35.8 Å². The SMILES string of the molecule is C=CCCOC(C)c1ccc(C(=O)O)o1. The van der Waals surface area contributed by atoms with Gasteiger partial charge in [-0.15, -0.1) is 6.58 Å². The van der Waals surface area contributed by atoms with Crippen molar-refractivity contribution in [3.63, 3.8) is 0 Å². The molecule has 15 heavy (non-hydrogen) atoms. The number of hydrogen-bond acceptors (Lipinski definition) is 3. The Balaban J connectivity index is 2.53. The highest BCUT2D eigenvalue weighted by atomic mass is 16.5. The molecular formula is C11H14O4. The van der Waals surface area contributed by atoms with Crippen LogP contribution >= 0.6 is 0 Å². The van der Waals surface area contributed by atoms with Gasteiger partial charge in [0.1, 0.15) is 11.9 Å². The van der Waals surface area contributed by atoms with Crippen molar-refractivity contribution >= 4 is 5.97 Å². The lowest BCUT2D eigenvalue weighted by atomic mass is 10.3. The molecule has 0 radical (unpaired) electrons. The smallest absolute Gasteiger partial charge is 0.371 e. The molecule has 1 rings (SSSR count). The molecular weight excluding hydrogens is 196 g/mol. The third-order valence-electron chi connectivity index (χ3n) is 1.93. The van der Waals surface area contributed by atoms with E-state index in [9.17, 15) is 4.79 Å². The summed E-state index contributed by atoms with van der Waals surface area (Å²) in [6.07, 6.45) is 2.28. The molecule has 1 heterocycles. The van der Waals surface area contributed by atoms with Gasteiger partial charge in [0.05, 0.1) is 6.61 Å². The van der Waals surface area contributed by atoms with E-state index in [1.807, 2.05) is 6.92 Å². The predicted octanol–water partition coefficient (Wildman–Crippen LogP) is 2.63. The number of aromatic carboxylic acids is 1. The van der Waals surface area contributed by atoms with E-state index >= 15 is 0 Å². The molecule has 1 unspecified atom stereocenters. The number of furan rings is 1. The number of carbonyl (C=O) groups is 1. The van der Waals surface area contributed by atoms with Crippen LogP contribution in [0.2, 0.25) is 0 Å². The van der Waals surface area contributed by atoms with Gasteiger partial charge >= 0.3 is 5.97 Å². The Morgan fingerprint density at radius 3 is 3.00 bits per heavy atom. The highest BCUT2D eigenvalue weighted by Crippen LogP contribution is 2.19. The van der Waals surface area contributed by atoms with E-state index in [2.05, 4.69) is 6.58 Å². The average molecular weight is 210 g/mol. The minimum atomic E-state index is -1.07. The Bertz CT molecular complexity index is 340. The molecule has 0 aromatic carbocycles. The summed E-state index contributed by atoms with van der Waals surface area (Å²) in [5, 5.41) is 8.65. The molecule has 0 spiro atoms. The molecule has 1 N–H and O–H groups in total. The lowest BCUT2D eigenvalue weighted by molar-refractivity contribution is 0.0499. The van der Waals surface area contributed by atoms with Crippen LogP contribution in [0.4, 0.5) is 0 Å². The van der Waals surface area contributed by atoms with Crippen molar-refractivity contribution in [2.24, 2.45) is 0 Å². The highest BCUT2D eigenvalue weighted by molar-refractivity contribution is 5.84. The summed E-state index contributed by atoms with van der Waals surface area (Å²) in [4.78, 5) is 10.5. The van der Waals surface area contributed by atoms with Gasteiger partial charge in [0.2, 0.25) is 5.76 Å². The van der Waals surface area contributed by atoms with Crippen molar-refractivity contribution in [1.29, 1.82) is 0 Å². The van der Waals surface area contributed by atoms with E-state index in [4.69, 9.17) is 14.3 Å². The normalized spacial score (nSPS) is 12.3. The van der Waals surface area contributed by atoms with Crippen molar-refractivity contribution in [2.45, 2.75) is 19.4 Å². The highest BCUT2D eigenvalue weighted by Gasteiger charge is 2.13. The van der Waals surface area contributed by atoms with Gasteiger partial charge in [-0.25, -0.2) is 4.79 Å². The predicted molar refractivity (Wildman–Crippen MR) is 54.8 cm³/mol. The van der Waals surface area contributed by atoms with Crippen LogP contribution < -0.4 is 0 Å². The van der Waals surface area contributed by atoms with Crippen molar-refractivity contribution in [2.75, 3.05) is 6.61 Å². The van der Waals surface area contributed by atoms with Gasteiger partial charge in [-0.3, -0.25) is 0 Å². The molecule has 0 aliphatic heterocycles. The fraction of sp³-hybridized carbons (Fsp3) is 0.364. The second-order valence-corrected chi connectivity index (χ2v) is 3.10. The van der Waals surface area contributed by atoms with Gasteiger partial charge < -0.3 is 14.3 Å². The van der Waals surface area contributed by atoms with Crippen molar-refractivity contribution < 1.29 is 19.1 Å². The van der Waals surface area contributed by atoms with Crippen molar-refractivity contribution in [3.8, 4) is 0 Å². The average Bonchev–Trinajstić information content (AvgIpc) is 2.66. The first-order valence-corrected chi connectivity index (χ1v) is 4.70. The summed E-state index contributed by atoms with van der Waals surface area (Å²) in [6.45, 7) is 5.94. The molecule has 0 aliphatic rings. The summed E-state index contributed by atoms with van der Waals surface area (Å²) in [7, 11) is 0. The number of rotatable bonds is 6. The zero-order valence-electron chi connectivity index (χ0n) is 8.60. The van der Waals surface area contributed by atoms with Gasteiger partial charge in [0.25, 0.3) is 0 Å². The molecule has 0 saturated heterocycles. The molecule has 1 aromatic heterocycles. The third kappa shape index (κ3) is 3.25. The van der Waals surface area contributed by atoms with Crippen LogP contribution in [0.3, 0.4) is 0 Å². The van der Waals surface area contributed by atoms with Crippen molar-refractivity contribution in [1.82, 2.24) is 0 Å².